The van der Waals surface area contributed by atoms with Crippen molar-refractivity contribution in [1.82, 2.24) is 4.90 Å². The third-order valence-corrected chi connectivity index (χ3v) is 6.38. The van der Waals surface area contributed by atoms with Gasteiger partial charge >= 0.3 is 6.09 Å². The molecule has 2 aromatic carbocycles. The first-order valence-electron chi connectivity index (χ1n) is 11.8. The van der Waals surface area contributed by atoms with E-state index in [1.807, 2.05) is 13.0 Å². The number of piperidine rings is 1. The lowest BCUT2D eigenvalue weighted by molar-refractivity contribution is 0.0387. The van der Waals surface area contributed by atoms with Gasteiger partial charge in [-0.2, -0.15) is 0 Å². The normalized spacial score (nSPS) is 20.2. The first kappa shape index (κ1) is 22.2. The highest BCUT2D eigenvalue weighted by Gasteiger charge is 2.36. The van der Waals surface area contributed by atoms with Crippen LogP contribution in [0.1, 0.15) is 62.2 Å². The number of ether oxygens (including phenoxy) is 2. The molecular weight excluding hydrogens is 404 g/mol. The molecule has 0 radical (unpaired) electrons. The van der Waals surface area contributed by atoms with Gasteiger partial charge in [0, 0.05) is 24.3 Å². The molecule has 2 aromatic rings. The number of carbonyl (C=O) groups excluding carboxylic acids is 2. The maximum Gasteiger partial charge on any atom is 0.417 e. The summed E-state index contributed by atoms with van der Waals surface area (Å²) in [4.78, 5) is 27.9. The molecule has 1 aliphatic carbocycles. The van der Waals surface area contributed by atoms with Crippen LogP contribution in [-0.2, 0) is 0 Å². The van der Waals surface area contributed by atoms with Crippen LogP contribution in [0.4, 0.5) is 10.5 Å². The van der Waals surface area contributed by atoms with Gasteiger partial charge < -0.3 is 14.4 Å². The van der Waals surface area contributed by atoms with E-state index in [4.69, 9.17) is 9.47 Å². The van der Waals surface area contributed by atoms with Crippen LogP contribution < -0.4 is 14.8 Å². The van der Waals surface area contributed by atoms with Gasteiger partial charge in [-0.25, -0.2) is 4.79 Å². The molecule has 170 valence electrons. The van der Waals surface area contributed by atoms with E-state index in [1.54, 1.807) is 42.5 Å². The minimum atomic E-state index is -0.585. The monoisotopic (exact) mass is 436 g/mol. The summed E-state index contributed by atoms with van der Waals surface area (Å²) < 4.78 is 11.2. The first-order valence-corrected chi connectivity index (χ1v) is 11.8. The zero-order valence-corrected chi connectivity index (χ0v) is 18.7. The molecule has 1 saturated heterocycles. The van der Waals surface area contributed by atoms with Crippen LogP contribution in [0.2, 0.25) is 0 Å². The van der Waals surface area contributed by atoms with Crippen molar-refractivity contribution in [1.29, 1.82) is 0 Å². The number of amides is 2. The molecule has 1 aliphatic heterocycles. The summed E-state index contributed by atoms with van der Waals surface area (Å²) in [6.45, 7) is 3.33. The number of nitrogens with zero attached hydrogens (tertiary/aromatic N) is 1. The predicted molar refractivity (Wildman–Crippen MR) is 124 cm³/mol. The summed E-state index contributed by atoms with van der Waals surface area (Å²) in [6, 6.07) is 14.4. The third kappa shape index (κ3) is 5.23. The fourth-order valence-corrected chi connectivity index (χ4v) is 4.88. The molecule has 2 fully saturated rings. The number of para-hydroxylation sites is 1. The number of benzene rings is 2. The second-order valence-electron chi connectivity index (χ2n) is 8.64. The summed E-state index contributed by atoms with van der Waals surface area (Å²) in [5.74, 6) is 1.62. The van der Waals surface area contributed by atoms with Crippen LogP contribution in [0.15, 0.2) is 48.5 Å². The molecule has 0 spiro atoms. The van der Waals surface area contributed by atoms with E-state index in [0.717, 1.165) is 25.8 Å². The Morgan fingerprint density at radius 2 is 1.81 bits per heavy atom. The number of anilines is 1. The summed E-state index contributed by atoms with van der Waals surface area (Å²) in [7, 11) is 0. The van der Waals surface area contributed by atoms with Crippen LogP contribution in [0.25, 0.3) is 0 Å². The van der Waals surface area contributed by atoms with Crippen LogP contribution >= 0.6 is 0 Å². The quantitative estimate of drug-likeness (QED) is 0.614. The van der Waals surface area contributed by atoms with Crippen LogP contribution in [0.3, 0.4) is 0 Å². The van der Waals surface area contributed by atoms with Crippen molar-refractivity contribution in [2.24, 2.45) is 5.92 Å². The predicted octanol–water partition coefficient (Wildman–Crippen LogP) is 5.88. The third-order valence-electron chi connectivity index (χ3n) is 6.38. The lowest BCUT2D eigenvalue weighted by Gasteiger charge is -2.44. The number of rotatable bonds is 6. The number of nitrogens with one attached hydrogen (secondary N) is 1. The van der Waals surface area contributed by atoms with Crippen molar-refractivity contribution in [3.8, 4) is 11.5 Å². The lowest BCUT2D eigenvalue weighted by atomic mass is 9.78. The van der Waals surface area contributed by atoms with Gasteiger partial charge in [0.15, 0.2) is 0 Å². The molecule has 2 amide bonds. The van der Waals surface area contributed by atoms with Gasteiger partial charge in [-0.05, 0) is 62.3 Å². The molecule has 1 heterocycles. The van der Waals surface area contributed by atoms with E-state index < -0.39 is 6.09 Å². The fraction of sp³-hybridized carbons (Fsp3) is 0.462. The average Bonchev–Trinajstić information content (AvgIpc) is 2.82. The molecule has 2 atom stereocenters. The Bertz CT molecular complexity index is 929. The minimum absolute atomic E-state index is 0.0334. The number of likely N-dealkylation sites (tertiary alicyclic amines) is 1. The highest BCUT2D eigenvalue weighted by Crippen LogP contribution is 2.37. The topological polar surface area (TPSA) is 67.9 Å². The number of carbonyl (C=O) groups is 2. The Labute approximate surface area is 189 Å². The Kier molecular flexibility index (Phi) is 7.30. The van der Waals surface area contributed by atoms with Crippen LogP contribution in [-0.4, -0.2) is 36.1 Å². The molecule has 6 nitrogen and oxygen atoms in total. The number of fused-ring (bicyclic) bond motifs is 1. The summed E-state index contributed by atoms with van der Waals surface area (Å²) in [5, 5.41) is 2.73. The molecule has 1 N–H and O–H groups in total. The van der Waals surface area contributed by atoms with Crippen molar-refractivity contribution in [3.05, 3.63) is 54.1 Å². The summed E-state index contributed by atoms with van der Waals surface area (Å²) >= 11 is 0. The van der Waals surface area contributed by atoms with Crippen molar-refractivity contribution >= 4 is 17.7 Å². The van der Waals surface area contributed by atoms with Gasteiger partial charge in [0.25, 0.3) is 5.91 Å². The molecule has 0 aromatic heterocycles. The van der Waals surface area contributed by atoms with Gasteiger partial charge in [0.1, 0.15) is 11.5 Å². The van der Waals surface area contributed by atoms with Gasteiger partial charge in [0.05, 0.1) is 12.2 Å². The Hall–Kier alpha value is -3.02. The van der Waals surface area contributed by atoms with E-state index in [9.17, 15) is 9.59 Å². The maximum absolute atomic E-state index is 13.5. The number of hydrogen-bond acceptors (Lipinski definition) is 4. The zero-order valence-electron chi connectivity index (χ0n) is 18.7. The highest BCUT2D eigenvalue weighted by atomic mass is 16.6. The van der Waals surface area contributed by atoms with Gasteiger partial charge in [-0.15, -0.1) is 0 Å². The molecule has 4 rings (SSSR count). The van der Waals surface area contributed by atoms with Crippen molar-refractivity contribution in [2.75, 3.05) is 18.5 Å². The van der Waals surface area contributed by atoms with E-state index in [0.29, 0.717) is 41.3 Å². The second-order valence-corrected chi connectivity index (χ2v) is 8.64. The standard InChI is InChI=1S/C26H32N2O4/c1-2-17-31-24-18-20(27-26(30)32-21-11-4-3-5-12-21)14-15-22(24)25(29)28-16-8-10-19-9-6-7-13-23(19)28/h3-5,11-12,14-15,18-19,23H,2,6-10,13,16-17H2,1H3,(H,27,30)/t19-,23-/m1/s1. The first-order chi connectivity index (χ1) is 15.7. The zero-order chi connectivity index (χ0) is 22.3. The maximum atomic E-state index is 13.5. The fourth-order valence-electron chi connectivity index (χ4n) is 4.88. The summed E-state index contributed by atoms with van der Waals surface area (Å²) in [6.07, 6.45) is 7.30. The van der Waals surface area contributed by atoms with Crippen molar-refractivity contribution in [3.63, 3.8) is 0 Å². The molecule has 32 heavy (non-hydrogen) atoms. The molecule has 0 bridgehead atoms. The van der Waals surface area contributed by atoms with Crippen LogP contribution in [0.5, 0.6) is 11.5 Å². The average molecular weight is 437 g/mol. The number of hydrogen-bond donors (Lipinski definition) is 1. The minimum Gasteiger partial charge on any atom is -0.493 e. The van der Waals surface area contributed by atoms with Gasteiger partial charge in [-0.1, -0.05) is 38.0 Å². The van der Waals surface area contributed by atoms with Crippen molar-refractivity contribution < 1.29 is 19.1 Å². The van der Waals surface area contributed by atoms with Gasteiger partial charge in [-0.3, -0.25) is 10.1 Å². The lowest BCUT2D eigenvalue weighted by Crippen LogP contribution is -2.49. The SMILES string of the molecule is CCCOc1cc(NC(=O)Oc2ccccc2)ccc1C(=O)N1CCC[C@H]2CCCC[C@H]21. The molecule has 0 unspecified atom stereocenters. The molecule has 1 saturated carbocycles. The molecular formula is C26H32N2O4. The van der Waals surface area contributed by atoms with Crippen molar-refractivity contribution in [2.45, 2.75) is 57.9 Å². The smallest absolute Gasteiger partial charge is 0.417 e. The second kappa shape index (κ2) is 10.5. The largest absolute Gasteiger partial charge is 0.493 e. The van der Waals surface area contributed by atoms with E-state index in [-0.39, 0.29) is 5.91 Å². The van der Waals surface area contributed by atoms with E-state index in [1.165, 1.54) is 25.7 Å². The van der Waals surface area contributed by atoms with E-state index >= 15 is 0 Å². The van der Waals surface area contributed by atoms with E-state index in [2.05, 4.69) is 10.2 Å². The Morgan fingerprint density at radius 1 is 1.03 bits per heavy atom. The molecule has 2 aliphatic rings. The van der Waals surface area contributed by atoms with Gasteiger partial charge in [0.2, 0.25) is 0 Å². The van der Waals surface area contributed by atoms with Crippen LogP contribution in [0, 0.1) is 5.92 Å². The Balaban J connectivity index is 1.51. The Morgan fingerprint density at radius 3 is 2.62 bits per heavy atom. The molecule has 6 heteroatoms. The summed E-state index contributed by atoms with van der Waals surface area (Å²) in [5.41, 5.74) is 1.09. The highest BCUT2D eigenvalue weighted by molar-refractivity contribution is 5.98.